The van der Waals surface area contributed by atoms with Gasteiger partial charge in [0.2, 0.25) is 0 Å². The molecule has 0 aromatic carbocycles. The molecule has 0 aromatic heterocycles. The summed E-state index contributed by atoms with van der Waals surface area (Å²) in [7, 11) is 0. The maximum atomic E-state index is 9.93. The molecule has 0 heterocycles. The van der Waals surface area contributed by atoms with Gasteiger partial charge >= 0.3 is 5.97 Å². The fourth-order valence-electron chi connectivity index (χ4n) is 0.0495. The molecule has 0 saturated carbocycles. The molecule has 0 fully saturated rings. The van der Waals surface area contributed by atoms with Crippen LogP contribution in [0.25, 0.3) is 0 Å². The van der Waals surface area contributed by atoms with Gasteiger partial charge in [-0.15, -0.1) is 0 Å². The summed E-state index contributed by atoms with van der Waals surface area (Å²) in [5.74, 6) is -0.804. The van der Waals surface area contributed by atoms with Gasteiger partial charge in [0.15, 0.2) is 0 Å². The first-order valence-electron chi connectivity index (χ1n) is 1.45. The third-order valence-corrected chi connectivity index (χ3v) is 0.472. The molecule has 0 aliphatic heterocycles. The van der Waals surface area contributed by atoms with Gasteiger partial charge in [-0.1, -0.05) is 6.58 Å². The third-order valence-electron chi connectivity index (χ3n) is 0.332. The number of nitrogens with two attached hydrogens (primary N) is 1. The van der Waals surface area contributed by atoms with Crippen molar-refractivity contribution in [2.24, 2.45) is 5.73 Å². The van der Waals surface area contributed by atoms with Crippen LogP contribution in [0.1, 0.15) is 0 Å². The standard InChI is InChI=1S/C3H4ClNO2/c1-2(5)3(6)7-4/h1,5H2. The summed E-state index contributed by atoms with van der Waals surface area (Å²) in [5, 5.41) is 0. The topological polar surface area (TPSA) is 52.3 Å². The van der Waals surface area contributed by atoms with Crippen molar-refractivity contribution < 1.29 is 9.08 Å². The molecular formula is C3H4ClNO2. The van der Waals surface area contributed by atoms with Crippen LogP contribution in [0.3, 0.4) is 0 Å². The van der Waals surface area contributed by atoms with E-state index in [0.717, 1.165) is 0 Å². The Balaban J connectivity index is 3.58. The molecule has 0 radical (unpaired) electrons. The molecule has 0 bridgehead atoms. The van der Waals surface area contributed by atoms with Crippen molar-refractivity contribution in [1.29, 1.82) is 0 Å². The number of carbonyl (C=O) groups excluding carboxylic acids is 1. The molecule has 0 spiro atoms. The van der Waals surface area contributed by atoms with Crippen molar-refractivity contribution >= 4 is 17.8 Å². The van der Waals surface area contributed by atoms with Crippen molar-refractivity contribution in [2.45, 2.75) is 0 Å². The Morgan fingerprint density at radius 1 is 1.86 bits per heavy atom. The van der Waals surface area contributed by atoms with E-state index in [1.54, 1.807) is 0 Å². The van der Waals surface area contributed by atoms with Gasteiger partial charge in [0.1, 0.15) is 17.6 Å². The van der Waals surface area contributed by atoms with Crippen LogP contribution < -0.4 is 5.73 Å². The fourth-order valence-corrected chi connectivity index (χ4v) is 0.149. The van der Waals surface area contributed by atoms with E-state index in [4.69, 9.17) is 5.73 Å². The normalized spacial score (nSPS) is 7.57. The molecule has 2 N–H and O–H groups in total. The highest BCUT2D eigenvalue weighted by Gasteiger charge is 1.99. The summed E-state index contributed by atoms with van der Waals surface area (Å²) in [4.78, 5) is 9.93. The minimum atomic E-state index is -0.804. The molecule has 7 heavy (non-hydrogen) atoms. The molecule has 4 heteroatoms. The maximum absolute atomic E-state index is 9.93. The molecule has 0 amide bonds. The van der Waals surface area contributed by atoms with E-state index in [0.29, 0.717) is 0 Å². The van der Waals surface area contributed by atoms with Gasteiger partial charge in [0.25, 0.3) is 0 Å². The highest BCUT2D eigenvalue weighted by Crippen LogP contribution is 1.86. The number of rotatable bonds is 1. The van der Waals surface area contributed by atoms with Crippen LogP contribution >= 0.6 is 11.9 Å². The van der Waals surface area contributed by atoms with E-state index in [1.165, 1.54) is 0 Å². The van der Waals surface area contributed by atoms with Crippen LogP contribution in [-0.4, -0.2) is 5.97 Å². The average Bonchev–Trinajstić information content (AvgIpc) is 1.65. The lowest BCUT2D eigenvalue weighted by atomic mass is 10.5. The van der Waals surface area contributed by atoms with Crippen molar-refractivity contribution in [3.8, 4) is 0 Å². The molecule has 40 valence electrons. The second-order valence-electron chi connectivity index (χ2n) is 0.890. The minimum absolute atomic E-state index is 0.199. The maximum Gasteiger partial charge on any atom is 0.371 e. The molecule has 0 unspecified atom stereocenters. The van der Waals surface area contributed by atoms with Crippen LogP contribution in [0.4, 0.5) is 0 Å². The van der Waals surface area contributed by atoms with Gasteiger partial charge in [-0.25, -0.2) is 4.79 Å². The van der Waals surface area contributed by atoms with Gasteiger partial charge in [0, 0.05) is 0 Å². The summed E-state index contributed by atoms with van der Waals surface area (Å²) < 4.78 is 3.62. The Morgan fingerprint density at radius 2 is 2.29 bits per heavy atom. The van der Waals surface area contributed by atoms with E-state index in [9.17, 15) is 4.79 Å². The molecule has 0 aliphatic carbocycles. The van der Waals surface area contributed by atoms with E-state index in [2.05, 4.69) is 22.7 Å². The van der Waals surface area contributed by atoms with Crippen molar-refractivity contribution in [1.82, 2.24) is 0 Å². The van der Waals surface area contributed by atoms with Gasteiger partial charge in [0.05, 0.1) is 0 Å². The summed E-state index contributed by atoms with van der Waals surface area (Å²) >= 11 is 4.56. The van der Waals surface area contributed by atoms with Crippen molar-refractivity contribution in [2.75, 3.05) is 0 Å². The smallest absolute Gasteiger partial charge is 0.371 e. The number of carbonyl (C=O) groups is 1. The second kappa shape index (κ2) is 2.47. The van der Waals surface area contributed by atoms with Crippen LogP contribution in [0.15, 0.2) is 12.3 Å². The Morgan fingerprint density at radius 3 is 2.29 bits per heavy atom. The van der Waals surface area contributed by atoms with E-state index >= 15 is 0 Å². The largest absolute Gasteiger partial charge is 0.393 e. The quantitative estimate of drug-likeness (QED) is 0.503. The first-order valence-corrected chi connectivity index (χ1v) is 1.76. The zero-order chi connectivity index (χ0) is 5.86. The molecule has 3 nitrogen and oxygen atoms in total. The Kier molecular flexibility index (Phi) is 2.22. The molecule has 0 aromatic rings. The summed E-state index contributed by atoms with van der Waals surface area (Å²) in [6.07, 6.45) is 0. The molecule has 0 atom stereocenters. The molecule has 0 saturated heterocycles. The SMILES string of the molecule is C=C(N)C(=O)OCl. The third kappa shape index (κ3) is 2.05. The highest BCUT2D eigenvalue weighted by atomic mass is 35.5. The van der Waals surface area contributed by atoms with Crippen molar-refractivity contribution in [3.05, 3.63) is 12.3 Å². The molecule has 0 aliphatic rings. The summed E-state index contributed by atoms with van der Waals surface area (Å²) in [6.45, 7) is 3.04. The fraction of sp³-hybridized carbons (Fsp3) is 0. The molecular weight excluding hydrogens is 117 g/mol. The summed E-state index contributed by atoms with van der Waals surface area (Å²) in [6, 6.07) is 0. The number of halogens is 1. The minimum Gasteiger partial charge on any atom is -0.393 e. The predicted octanol–water partition coefficient (Wildman–Crippen LogP) is 0.156. The second-order valence-corrected chi connectivity index (χ2v) is 1.04. The van der Waals surface area contributed by atoms with Crippen LogP contribution in [0.2, 0.25) is 0 Å². The van der Waals surface area contributed by atoms with Gasteiger partial charge in [-0.05, 0) is 0 Å². The molecule has 0 rings (SSSR count). The predicted molar refractivity (Wildman–Crippen MR) is 25.3 cm³/mol. The Hall–Kier alpha value is -0.700. The van der Waals surface area contributed by atoms with Crippen LogP contribution in [-0.2, 0) is 9.08 Å². The zero-order valence-corrected chi connectivity index (χ0v) is 4.23. The van der Waals surface area contributed by atoms with E-state index in [1.807, 2.05) is 0 Å². The van der Waals surface area contributed by atoms with Gasteiger partial charge in [-0.3, -0.25) is 0 Å². The lowest BCUT2D eigenvalue weighted by Crippen LogP contribution is -2.08. The van der Waals surface area contributed by atoms with E-state index < -0.39 is 5.97 Å². The van der Waals surface area contributed by atoms with Gasteiger partial charge in [-0.2, -0.15) is 0 Å². The lowest BCUT2D eigenvalue weighted by Gasteiger charge is -1.87. The van der Waals surface area contributed by atoms with Crippen LogP contribution in [0, 0.1) is 0 Å². The first-order chi connectivity index (χ1) is 3.18. The monoisotopic (exact) mass is 121 g/mol. The first kappa shape index (κ1) is 6.30. The van der Waals surface area contributed by atoms with Crippen LogP contribution in [0.5, 0.6) is 0 Å². The number of hydrogen-bond donors (Lipinski definition) is 1. The zero-order valence-electron chi connectivity index (χ0n) is 3.48. The van der Waals surface area contributed by atoms with Crippen molar-refractivity contribution in [3.63, 3.8) is 0 Å². The number of hydrogen-bond acceptors (Lipinski definition) is 3. The lowest BCUT2D eigenvalue weighted by molar-refractivity contribution is -0.129. The average molecular weight is 122 g/mol. The summed E-state index contributed by atoms with van der Waals surface area (Å²) in [5.41, 5.74) is 4.59. The Labute approximate surface area is 45.9 Å². The van der Waals surface area contributed by atoms with E-state index in [-0.39, 0.29) is 5.70 Å². The Bertz CT molecular complexity index is 101. The van der Waals surface area contributed by atoms with Gasteiger partial charge < -0.3 is 10.0 Å². The highest BCUT2D eigenvalue weighted by molar-refractivity contribution is 6.15.